The molecule has 140 valence electrons. The normalized spacial score (nSPS) is 10.4. The summed E-state index contributed by atoms with van der Waals surface area (Å²) < 4.78 is 5.55. The van der Waals surface area contributed by atoms with Crippen LogP contribution in [0.2, 0.25) is 0 Å². The van der Waals surface area contributed by atoms with Gasteiger partial charge in [0.15, 0.2) is 5.78 Å². The number of aromatic nitrogens is 1. The highest BCUT2D eigenvalue weighted by molar-refractivity contribution is 8.00. The SMILES string of the molecule is N#Cc1c(-c2ccco2)cc(-c2ccccc2)nc1SCC(=O)c1ccccc1. The number of Topliss-reactive ketones (excluding diaryl/α,β-unsaturated/α-hetero) is 1. The quantitative estimate of drug-likeness (QED) is 0.302. The molecule has 0 amide bonds. The van der Waals surface area contributed by atoms with Crippen molar-refractivity contribution in [2.45, 2.75) is 5.03 Å². The van der Waals surface area contributed by atoms with Crippen molar-refractivity contribution in [2.75, 3.05) is 5.75 Å². The maximum absolute atomic E-state index is 12.5. The summed E-state index contributed by atoms with van der Waals surface area (Å²) in [6, 6.07) is 26.6. The van der Waals surface area contributed by atoms with Crippen LogP contribution in [0, 0.1) is 11.3 Å². The molecule has 0 aliphatic heterocycles. The first-order chi connectivity index (χ1) is 14.3. The Labute approximate surface area is 172 Å². The van der Waals surface area contributed by atoms with Gasteiger partial charge in [0.05, 0.1) is 23.3 Å². The summed E-state index contributed by atoms with van der Waals surface area (Å²) in [6.45, 7) is 0. The van der Waals surface area contributed by atoms with E-state index in [2.05, 4.69) is 6.07 Å². The highest BCUT2D eigenvalue weighted by Gasteiger charge is 2.18. The van der Waals surface area contributed by atoms with E-state index in [0.29, 0.717) is 27.5 Å². The molecule has 4 aromatic rings. The van der Waals surface area contributed by atoms with Crippen molar-refractivity contribution in [3.8, 4) is 28.7 Å². The number of ketones is 1. The van der Waals surface area contributed by atoms with Crippen LogP contribution in [-0.2, 0) is 0 Å². The van der Waals surface area contributed by atoms with Gasteiger partial charge >= 0.3 is 0 Å². The first-order valence-electron chi connectivity index (χ1n) is 9.02. The number of thioether (sulfide) groups is 1. The number of pyridine rings is 1. The molecule has 0 saturated carbocycles. The van der Waals surface area contributed by atoms with Crippen LogP contribution in [0.1, 0.15) is 15.9 Å². The molecule has 0 bridgehead atoms. The first-order valence-corrected chi connectivity index (χ1v) is 10.0. The van der Waals surface area contributed by atoms with E-state index in [1.807, 2.05) is 60.7 Å². The Morgan fingerprint density at radius 3 is 2.38 bits per heavy atom. The lowest BCUT2D eigenvalue weighted by Crippen LogP contribution is -2.03. The molecule has 0 aliphatic carbocycles. The average Bonchev–Trinajstić information content (AvgIpc) is 3.33. The first kappa shape index (κ1) is 18.7. The highest BCUT2D eigenvalue weighted by Crippen LogP contribution is 2.34. The van der Waals surface area contributed by atoms with Crippen molar-refractivity contribution in [1.82, 2.24) is 4.98 Å². The number of hydrogen-bond donors (Lipinski definition) is 0. The maximum Gasteiger partial charge on any atom is 0.173 e. The minimum Gasteiger partial charge on any atom is -0.464 e. The summed E-state index contributed by atoms with van der Waals surface area (Å²) >= 11 is 1.27. The van der Waals surface area contributed by atoms with E-state index in [4.69, 9.17) is 9.40 Å². The molecule has 0 saturated heterocycles. The fourth-order valence-electron chi connectivity index (χ4n) is 2.96. The van der Waals surface area contributed by atoms with E-state index in [9.17, 15) is 10.1 Å². The Bertz CT molecular complexity index is 1160. The lowest BCUT2D eigenvalue weighted by Gasteiger charge is -2.11. The molecule has 4 rings (SSSR count). The highest BCUT2D eigenvalue weighted by atomic mass is 32.2. The summed E-state index contributed by atoms with van der Waals surface area (Å²) in [5.41, 5.74) is 3.38. The Hall–Kier alpha value is -3.62. The van der Waals surface area contributed by atoms with Gasteiger partial charge in [-0.3, -0.25) is 4.79 Å². The number of benzene rings is 2. The van der Waals surface area contributed by atoms with Crippen LogP contribution in [-0.4, -0.2) is 16.5 Å². The van der Waals surface area contributed by atoms with Crippen molar-refractivity contribution < 1.29 is 9.21 Å². The molecule has 0 radical (unpaired) electrons. The molecule has 2 heterocycles. The Morgan fingerprint density at radius 1 is 1.00 bits per heavy atom. The second-order valence-corrected chi connectivity index (χ2v) is 7.23. The number of rotatable bonds is 6. The number of nitrogens with zero attached hydrogens (tertiary/aromatic N) is 2. The lowest BCUT2D eigenvalue weighted by atomic mass is 10.0. The number of hydrogen-bond acceptors (Lipinski definition) is 5. The van der Waals surface area contributed by atoms with Gasteiger partial charge in [-0.15, -0.1) is 0 Å². The zero-order valence-electron chi connectivity index (χ0n) is 15.4. The molecule has 0 atom stereocenters. The van der Waals surface area contributed by atoms with Crippen molar-refractivity contribution in [3.05, 3.63) is 96.3 Å². The monoisotopic (exact) mass is 396 g/mol. The predicted molar refractivity (Wildman–Crippen MR) is 114 cm³/mol. The third-order valence-electron chi connectivity index (χ3n) is 4.39. The van der Waals surface area contributed by atoms with E-state index in [0.717, 1.165) is 11.3 Å². The van der Waals surface area contributed by atoms with Crippen LogP contribution in [0.15, 0.2) is 94.6 Å². The van der Waals surface area contributed by atoms with E-state index in [1.54, 1.807) is 24.5 Å². The fraction of sp³-hybridized carbons (Fsp3) is 0.0417. The topological polar surface area (TPSA) is 66.9 Å². The summed E-state index contributed by atoms with van der Waals surface area (Å²) in [7, 11) is 0. The van der Waals surface area contributed by atoms with Gasteiger partial charge in [0.1, 0.15) is 16.9 Å². The smallest absolute Gasteiger partial charge is 0.173 e. The minimum atomic E-state index is -0.00838. The van der Waals surface area contributed by atoms with Gasteiger partial charge in [-0.05, 0) is 18.2 Å². The van der Waals surface area contributed by atoms with Gasteiger partial charge in [0.25, 0.3) is 0 Å². The Kier molecular flexibility index (Phi) is 5.55. The predicted octanol–water partition coefficient (Wildman–Crippen LogP) is 5.86. The number of carbonyl (C=O) groups excluding carboxylic acids is 1. The van der Waals surface area contributed by atoms with Crippen LogP contribution < -0.4 is 0 Å². The zero-order chi connectivity index (χ0) is 20.1. The molecule has 4 nitrogen and oxygen atoms in total. The molecule has 2 aromatic carbocycles. The Balaban J connectivity index is 1.74. The third-order valence-corrected chi connectivity index (χ3v) is 5.37. The second-order valence-electron chi connectivity index (χ2n) is 6.27. The van der Waals surface area contributed by atoms with Gasteiger partial charge in [-0.1, -0.05) is 72.4 Å². The van der Waals surface area contributed by atoms with Gasteiger partial charge < -0.3 is 4.42 Å². The van der Waals surface area contributed by atoms with Gasteiger partial charge in [-0.2, -0.15) is 5.26 Å². The van der Waals surface area contributed by atoms with E-state index < -0.39 is 0 Å². The largest absolute Gasteiger partial charge is 0.464 e. The summed E-state index contributed by atoms with van der Waals surface area (Å²) in [4.78, 5) is 17.2. The Morgan fingerprint density at radius 2 is 1.72 bits per heavy atom. The summed E-state index contributed by atoms with van der Waals surface area (Å²) in [5, 5.41) is 10.3. The molecular weight excluding hydrogens is 380 g/mol. The number of furan rings is 1. The molecule has 0 aliphatic rings. The van der Waals surface area contributed by atoms with Crippen LogP contribution in [0.5, 0.6) is 0 Å². The van der Waals surface area contributed by atoms with E-state index >= 15 is 0 Å². The fourth-order valence-corrected chi connectivity index (χ4v) is 3.86. The van der Waals surface area contributed by atoms with Gasteiger partial charge in [0, 0.05) is 16.7 Å². The van der Waals surface area contributed by atoms with Crippen molar-refractivity contribution in [3.63, 3.8) is 0 Å². The molecule has 0 unspecified atom stereocenters. The van der Waals surface area contributed by atoms with Crippen LogP contribution in [0.4, 0.5) is 0 Å². The van der Waals surface area contributed by atoms with E-state index in [1.165, 1.54) is 11.8 Å². The van der Waals surface area contributed by atoms with Crippen LogP contribution in [0.3, 0.4) is 0 Å². The molecule has 29 heavy (non-hydrogen) atoms. The molecule has 0 N–H and O–H groups in total. The maximum atomic E-state index is 12.5. The minimum absolute atomic E-state index is 0.00838. The molecule has 5 heteroatoms. The summed E-state index contributed by atoms with van der Waals surface area (Å²) in [5.74, 6) is 0.782. The zero-order valence-corrected chi connectivity index (χ0v) is 16.2. The van der Waals surface area contributed by atoms with Gasteiger partial charge in [-0.25, -0.2) is 4.98 Å². The standard InChI is InChI=1S/C24H16N2O2S/c25-15-20-19(23-12-7-13-28-23)14-21(17-8-3-1-4-9-17)26-24(20)29-16-22(27)18-10-5-2-6-11-18/h1-14H,16H2. The van der Waals surface area contributed by atoms with Gasteiger partial charge in [0.2, 0.25) is 0 Å². The van der Waals surface area contributed by atoms with Crippen LogP contribution >= 0.6 is 11.8 Å². The molecular formula is C24H16N2O2S. The van der Waals surface area contributed by atoms with Crippen LogP contribution in [0.25, 0.3) is 22.6 Å². The summed E-state index contributed by atoms with van der Waals surface area (Å²) in [6.07, 6.45) is 1.57. The number of carbonyl (C=O) groups is 1. The second kappa shape index (κ2) is 8.59. The van der Waals surface area contributed by atoms with Crippen molar-refractivity contribution in [1.29, 1.82) is 5.26 Å². The molecule has 2 aromatic heterocycles. The third kappa shape index (κ3) is 4.13. The van der Waals surface area contributed by atoms with Crippen molar-refractivity contribution in [2.24, 2.45) is 0 Å². The van der Waals surface area contributed by atoms with Crippen molar-refractivity contribution >= 4 is 17.5 Å². The number of nitriles is 1. The molecule has 0 fully saturated rings. The molecule has 0 spiro atoms. The average molecular weight is 396 g/mol. The van der Waals surface area contributed by atoms with E-state index in [-0.39, 0.29) is 11.5 Å². The lowest BCUT2D eigenvalue weighted by molar-refractivity contribution is 0.102.